The molecule has 2 aromatic heterocycles. The molecule has 0 spiro atoms. The van der Waals surface area contributed by atoms with Crippen LogP contribution in [0.4, 0.5) is 5.69 Å². The first-order chi connectivity index (χ1) is 16.3. The molecule has 0 aliphatic heterocycles. The van der Waals surface area contributed by atoms with Crippen molar-refractivity contribution >= 4 is 38.5 Å². The van der Waals surface area contributed by atoms with Crippen LogP contribution in [0.1, 0.15) is 11.1 Å². The van der Waals surface area contributed by atoms with Gasteiger partial charge in [-0.2, -0.15) is 4.98 Å². The molecule has 2 heterocycles. The van der Waals surface area contributed by atoms with Crippen LogP contribution < -0.4 is 18.9 Å². The van der Waals surface area contributed by atoms with Crippen LogP contribution in [0, 0.1) is 6.92 Å². The van der Waals surface area contributed by atoms with Gasteiger partial charge in [-0.05, 0) is 48.4 Å². The van der Waals surface area contributed by atoms with Gasteiger partial charge in [-0.1, -0.05) is 23.7 Å². The third kappa shape index (κ3) is 4.82. The number of pyridine rings is 1. The fourth-order valence-electron chi connectivity index (χ4n) is 3.27. The van der Waals surface area contributed by atoms with Crippen LogP contribution in [-0.2, 0) is 16.6 Å². The number of methoxy groups -OCH3 is 2. The number of aromatic nitrogens is 3. The molecule has 4 rings (SSSR count). The Morgan fingerprint density at radius 1 is 1.00 bits per heavy atom. The molecule has 0 aliphatic rings. The van der Waals surface area contributed by atoms with E-state index in [1.165, 1.54) is 31.6 Å². The van der Waals surface area contributed by atoms with Crippen molar-refractivity contribution in [3.8, 4) is 17.4 Å². The first-order valence-corrected chi connectivity index (χ1v) is 11.9. The molecule has 0 aliphatic carbocycles. The third-order valence-electron chi connectivity index (χ3n) is 5.00. The van der Waals surface area contributed by atoms with Crippen molar-refractivity contribution < 1.29 is 22.6 Å². The number of sulfonamides is 1. The Morgan fingerprint density at radius 3 is 2.53 bits per heavy atom. The Labute approximate surface area is 201 Å². The van der Waals surface area contributed by atoms with Crippen LogP contribution in [0.3, 0.4) is 0 Å². The van der Waals surface area contributed by atoms with E-state index < -0.39 is 10.0 Å². The molecule has 0 atom stereocenters. The van der Waals surface area contributed by atoms with Crippen LogP contribution in [-0.4, -0.2) is 37.6 Å². The van der Waals surface area contributed by atoms with Crippen molar-refractivity contribution in [3.05, 3.63) is 71.0 Å². The van der Waals surface area contributed by atoms with Gasteiger partial charge >= 0.3 is 0 Å². The lowest BCUT2D eigenvalue weighted by molar-refractivity contribution is 0.294. The number of rotatable bonds is 8. The second-order valence-electron chi connectivity index (χ2n) is 7.19. The van der Waals surface area contributed by atoms with E-state index in [1.807, 2.05) is 0 Å². The number of hydrogen-bond donors (Lipinski definition) is 1. The smallest absolute Gasteiger partial charge is 0.262 e. The van der Waals surface area contributed by atoms with Gasteiger partial charge in [0.2, 0.25) is 5.88 Å². The SMILES string of the molecule is COc1ccc(COc2nc3nccnc3cc2NS(=O)(=O)c2cccc(Cl)c2C)cc1OC. The average molecular weight is 501 g/mol. The molecule has 0 bridgehead atoms. The maximum atomic E-state index is 13.2. The molecule has 0 fully saturated rings. The highest BCUT2D eigenvalue weighted by Crippen LogP contribution is 2.32. The third-order valence-corrected chi connectivity index (χ3v) is 6.92. The topological polar surface area (TPSA) is 113 Å². The van der Waals surface area contributed by atoms with Gasteiger partial charge in [0.25, 0.3) is 10.0 Å². The quantitative estimate of drug-likeness (QED) is 0.379. The lowest BCUT2D eigenvalue weighted by Gasteiger charge is -2.15. The molecule has 11 heteroatoms. The van der Waals surface area contributed by atoms with Crippen molar-refractivity contribution in [3.63, 3.8) is 0 Å². The summed E-state index contributed by atoms with van der Waals surface area (Å²) in [7, 11) is -0.911. The van der Waals surface area contributed by atoms with E-state index in [2.05, 4.69) is 19.7 Å². The Balaban J connectivity index is 1.70. The number of fused-ring (bicyclic) bond motifs is 1. The molecule has 176 valence electrons. The standard InChI is InChI=1S/C23H21ClN4O5S/c1-14-16(24)5-4-6-21(14)34(29,30)28-18-12-17-22(26-10-9-25-17)27-23(18)33-13-15-7-8-19(31-2)20(11-15)32-3/h4-12,28H,13H2,1-3H3. The molecular weight excluding hydrogens is 480 g/mol. The van der Waals surface area contributed by atoms with Gasteiger partial charge in [-0.15, -0.1) is 0 Å². The van der Waals surface area contributed by atoms with Gasteiger partial charge in [0.1, 0.15) is 17.8 Å². The van der Waals surface area contributed by atoms with Gasteiger partial charge in [-0.3, -0.25) is 9.71 Å². The van der Waals surface area contributed by atoms with E-state index in [0.717, 1.165) is 5.56 Å². The monoisotopic (exact) mass is 500 g/mol. The average Bonchev–Trinajstić information content (AvgIpc) is 2.83. The maximum absolute atomic E-state index is 13.2. The fraction of sp³-hybridized carbons (Fsp3) is 0.174. The van der Waals surface area contributed by atoms with E-state index >= 15 is 0 Å². The molecule has 0 saturated heterocycles. The number of anilines is 1. The number of benzene rings is 2. The summed E-state index contributed by atoms with van der Waals surface area (Å²) in [6, 6.07) is 11.5. The number of halogens is 1. The van der Waals surface area contributed by atoms with Crippen molar-refractivity contribution in [1.82, 2.24) is 15.0 Å². The number of nitrogens with zero attached hydrogens (tertiary/aromatic N) is 3. The maximum Gasteiger partial charge on any atom is 0.262 e. The highest BCUT2D eigenvalue weighted by atomic mass is 35.5. The Bertz CT molecular complexity index is 1460. The van der Waals surface area contributed by atoms with E-state index in [0.29, 0.717) is 33.2 Å². The molecule has 0 radical (unpaired) electrons. The van der Waals surface area contributed by atoms with Gasteiger partial charge in [-0.25, -0.2) is 13.4 Å². The van der Waals surface area contributed by atoms with Crippen molar-refractivity contribution in [2.24, 2.45) is 0 Å². The van der Waals surface area contributed by atoms with Gasteiger partial charge in [0.05, 0.1) is 19.1 Å². The summed E-state index contributed by atoms with van der Waals surface area (Å²) in [4.78, 5) is 12.8. The highest BCUT2D eigenvalue weighted by Gasteiger charge is 2.22. The second-order valence-corrected chi connectivity index (χ2v) is 9.24. The molecule has 0 unspecified atom stereocenters. The normalized spacial score (nSPS) is 11.3. The molecule has 1 N–H and O–H groups in total. The summed E-state index contributed by atoms with van der Waals surface area (Å²) in [5, 5.41) is 0.343. The van der Waals surface area contributed by atoms with Crippen LogP contribution in [0.15, 0.2) is 59.8 Å². The summed E-state index contributed by atoms with van der Waals surface area (Å²) in [6.45, 7) is 1.72. The van der Waals surface area contributed by atoms with Crippen molar-refractivity contribution in [2.75, 3.05) is 18.9 Å². The zero-order chi connectivity index (χ0) is 24.3. The zero-order valence-corrected chi connectivity index (χ0v) is 20.1. The van der Waals surface area contributed by atoms with Crippen LogP contribution in [0.5, 0.6) is 17.4 Å². The number of hydrogen-bond acceptors (Lipinski definition) is 8. The van der Waals surface area contributed by atoms with E-state index in [9.17, 15) is 8.42 Å². The predicted octanol–water partition coefficient (Wildman–Crippen LogP) is 4.38. The predicted molar refractivity (Wildman–Crippen MR) is 128 cm³/mol. The molecule has 0 saturated carbocycles. The van der Waals surface area contributed by atoms with Crippen LogP contribution >= 0.6 is 11.6 Å². The van der Waals surface area contributed by atoms with E-state index in [4.69, 9.17) is 25.8 Å². The highest BCUT2D eigenvalue weighted by molar-refractivity contribution is 7.92. The second kappa shape index (κ2) is 9.70. The minimum atomic E-state index is -4.00. The largest absolute Gasteiger partial charge is 0.493 e. The minimum absolute atomic E-state index is 0.0464. The van der Waals surface area contributed by atoms with Crippen molar-refractivity contribution in [2.45, 2.75) is 18.4 Å². The molecule has 4 aromatic rings. The molecule has 9 nitrogen and oxygen atoms in total. The fourth-order valence-corrected chi connectivity index (χ4v) is 4.82. The van der Waals surface area contributed by atoms with Gasteiger partial charge in [0, 0.05) is 17.4 Å². The zero-order valence-electron chi connectivity index (χ0n) is 18.6. The molecule has 34 heavy (non-hydrogen) atoms. The summed E-state index contributed by atoms with van der Waals surface area (Å²) in [6.07, 6.45) is 2.99. The first kappa shape index (κ1) is 23.5. The van der Waals surface area contributed by atoms with Crippen LogP contribution in [0.25, 0.3) is 11.2 Å². The summed E-state index contributed by atoms with van der Waals surface area (Å²) >= 11 is 6.13. The van der Waals surface area contributed by atoms with Crippen molar-refractivity contribution in [1.29, 1.82) is 0 Å². The Kier molecular flexibility index (Phi) is 6.71. The Hall–Kier alpha value is -3.63. The van der Waals surface area contributed by atoms with Crippen LogP contribution in [0.2, 0.25) is 5.02 Å². The minimum Gasteiger partial charge on any atom is -0.493 e. The summed E-state index contributed by atoms with van der Waals surface area (Å²) in [5.41, 5.74) is 2.03. The number of nitrogens with one attached hydrogen (secondary N) is 1. The summed E-state index contributed by atoms with van der Waals surface area (Å²) in [5.74, 6) is 1.17. The van der Waals surface area contributed by atoms with E-state index in [-0.39, 0.29) is 23.1 Å². The molecule has 0 amide bonds. The summed E-state index contributed by atoms with van der Waals surface area (Å²) < 4.78 is 45.4. The first-order valence-electron chi connectivity index (χ1n) is 10.1. The van der Waals surface area contributed by atoms with Gasteiger partial charge in [0.15, 0.2) is 17.1 Å². The molecule has 2 aromatic carbocycles. The lowest BCUT2D eigenvalue weighted by Crippen LogP contribution is -2.16. The lowest BCUT2D eigenvalue weighted by atomic mass is 10.2. The number of ether oxygens (including phenoxy) is 3. The van der Waals surface area contributed by atoms with E-state index in [1.54, 1.807) is 44.4 Å². The Morgan fingerprint density at radius 2 is 1.76 bits per heavy atom. The van der Waals surface area contributed by atoms with Gasteiger partial charge < -0.3 is 14.2 Å². The molecular formula is C23H21ClN4O5S.